The Morgan fingerprint density at radius 2 is 1.70 bits per heavy atom. The van der Waals surface area contributed by atoms with E-state index in [2.05, 4.69) is 15.1 Å². The molecule has 11 heteroatoms. The summed E-state index contributed by atoms with van der Waals surface area (Å²) in [6.07, 6.45) is -1.27. The third-order valence-corrected chi connectivity index (χ3v) is 6.48. The summed E-state index contributed by atoms with van der Waals surface area (Å²) in [5, 5.41) is 19.7. The highest BCUT2D eigenvalue weighted by atomic mass is 32.2. The van der Waals surface area contributed by atoms with Crippen molar-refractivity contribution in [2.24, 2.45) is 0 Å². The maximum atomic E-state index is 13.8. The molecule has 0 aliphatic carbocycles. The van der Waals surface area contributed by atoms with Crippen LogP contribution in [0.4, 0.5) is 18.9 Å². The molecule has 1 aliphatic heterocycles. The van der Waals surface area contributed by atoms with Gasteiger partial charge in [-0.1, -0.05) is 42.4 Å². The largest absolute Gasteiger partial charge is 0.418 e. The Kier molecular flexibility index (Phi) is 6.99. The molecule has 3 aromatic rings. The first-order valence-corrected chi connectivity index (χ1v) is 11.5. The predicted molar refractivity (Wildman–Crippen MR) is 118 cm³/mol. The van der Waals surface area contributed by atoms with Crippen molar-refractivity contribution in [3.63, 3.8) is 0 Å². The minimum atomic E-state index is -4.52. The van der Waals surface area contributed by atoms with Gasteiger partial charge in [-0.2, -0.15) is 13.2 Å². The Hall–Kier alpha value is -2.92. The summed E-state index contributed by atoms with van der Waals surface area (Å²) in [6.45, 7) is 2.16. The van der Waals surface area contributed by atoms with Crippen molar-refractivity contribution in [1.82, 2.24) is 19.7 Å². The highest BCUT2D eigenvalue weighted by Crippen LogP contribution is 2.36. The van der Waals surface area contributed by atoms with Crippen molar-refractivity contribution in [1.29, 1.82) is 0 Å². The number of nitro benzene ring substituents is 1. The van der Waals surface area contributed by atoms with Crippen LogP contribution in [0.25, 0.3) is 5.69 Å². The number of halogens is 3. The van der Waals surface area contributed by atoms with Gasteiger partial charge >= 0.3 is 6.18 Å². The number of thioether (sulfide) groups is 1. The minimum absolute atomic E-state index is 0.00629. The summed E-state index contributed by atoms with van der Waals surface area (Å²) in [7, 11) is 0. The molecule has 1 fully saturated rings. The monoisotopic (exact) mass is 477 g/mol. The second kappa shape index (κ2) is 9.92. The van der Waals surface area contributed by atoms with Gasteiger partial charge in [0.25, 0.3) is 5.69 Å². The lowest BCUT2D eigenvalue weighted by atomic mass is 10.1. The van der Waals surface area contributed by atoms with Crippen LogP contribution in [0, 0.1) is 10.1 Å². The van der Waals surface area contributed by atoms with Crippen LogP contribution < -0.4 is 0 Å². The van der Waals surface area contributed by atoms with Gasteiger partial charge in [0.2, 0.25) is 0 Å². The van der Waals surface area contributed by atoms with Crippen molar-refractivity contribution >= 4 is 17.4 Å². The third-order valence-electron chi connectivity index (χ3n) is 5.48. The molecule has 7 nitrogen and oxygen atoms in total. The molecule has 0 amide bonds. The molecular weight excluding hydrogens is 455 g/mol. The summed E-state index contributed by atoms with van der Waals surface area (Å²) in [6, 6.07) is 11.5. The molecule has 4 rings (SSSR count). The maximum absolute atomic E-state index is 13.8. The first-order chi connectivity index (χ1) is 15.8. The zero-order valence-corrected chi connectivity index (χ0v) is 18.5. The van der Waals surface area contributed by atoms with Crippen molar-refractivity contribution in [2.45, 2.75) is 42.9 Å². The first-order valence-electron chi connectivity index (χ1n) is 10.5. The third kappa shape index (κ3) is 5.53. The summed E-state index contributed by atoms with van der Waals surface area (Å²) in [5.74, 6) is 0.841. The van der Waals surface area contributed by atoms with Crippen LogP contribution in [0.3, 0.4) is 0 Å². The maximum Gasteiger partial charge on any atom is 0.418 e. The minimum Gasteiger partial charge on any atom is -0.296 e. The SMILES string of the molecule is O=[N+]([O-])c1ccc(CSc2nnc(CN3CCCCC3)n2-c2ccccc2C(F)(F)F)cc1. The molecule has 0 saturated carbocycles. The first kappa shape index (κ1) is 23.2. The quantitative estimate of drug-likeness (QED) is 0.255. The lowest BCUT2D eigenvalue weighted by Gasteiger charge is -2.26. The van der Waals surface area contributed by atoms with Gasteiger partial charge in [-0.25, -0.2) is 0 Å². The van der Waals surface area contributed by atoms with E-state index in [0.29, 0.717) is 23.3 Å². The number of non-ortho nitro benzene ring substituents is 1. The number of alkyl halides is 3. The van der Waals surface area contributed by atoms with Gasteiger partial charge in [0.1, 0.15) is 0 Å². The van der Waals surface area contributed by atoms with Gasteiger partial charge < -0.3 is 0 Å². The lowest BCUT2D eigenvalue weighted by Crippen LogP contribution is -2.30. The van der Waals surface area contributed by atoms with Crippen molar-refractivity contribution in [3.05, 3.63) is 75.6 Å². The van der Waals surface area contributed by atoms with E-state index in [9.17, 15) is 23.3 Å². The van der Waals surface area contributed by atoms with E-state index in [-0.39, 0.29) is 11.4 Å². The van der Waals surface area contributed by atoms with E-state index in [0.717, 1.165) is 44.0 Å². The van der Waals surface area contributed by atoms with E-state index >= 15 is 0 Å². The summed E-state index contributed by atoms with van der Waals surface area (Å²) < 4.78 is 42.9. The van der Waals surface area contributed by atoms with Crippen LogP contribution in [-0.4, -0.2) is 37.7 Å². The smallest absolute Gasteiger partial charge is 0.296 e. The van der Waals surface area contributed by atoms with Crippen molar-refractivity contribution in [3.8, 4) is 5.69 Å². The highest BCUT2D eigenvalue weighted by Gasteiger charge is 2.35. The fourth-order valence-corrected chi connectivity index (χ4v) is 4.75. The average molecular weight is 478 g/mol. The Morgan fingerprint density at radius 1 is 1.00 bits per heavy atom. The molecule has 0 bridgehead atoms. The van der Waals surface area contributed by atoms with Crippen LogP contribution >= 0.6 is 11.8 Å². The molecule has 0 atom stereocenters. The summed E-state index contributed by atoms with van der Waals surface area (Å²) in [4.78, 5) is 12.6. The molecule has 0 N–H and O–H groups in total. The zero-order valence-electron chi connectivity index (χ0n) is 17.7. The summed E-state index contributed by atoms with van der Waals surface area (Å²) in [5.41, 5.74) is 0.0202. The molecule has 0 unspecified atom stereocenters. The molecule has 1 saturated heterocycles. The molecular formula is C22H22F3N5O2S. The lowest BCUT2D eigenvalue weighted by molar-refractivity contribution is -0.384. The second-order valence-electron chi connectivity index (χ2n) is 7.80. The highest BCUT2D eigenvalue weighted by molar-refractivity contribution is 7.98. The Balaban J connectivity index is 1.66. The molecule has 1 aromatic heterocycles. The fraction of sp³-hybridized carbons (Fsp3) is 0.364. The van der Waals surface area contributed by atoms with Gasteiger partial charge in [-0.15, -0.1) is 10.2 Å². The van der Waals surface area contributed by atoms with Crippen molar-refractivity contribution < 1.29 is 18.1 Å². The number of aromatic nitrogens is 3. The molecule has 0 radical (unpaired) electrons. The number of nitrogens with zero attached hydrogens (tertiary/aromatic N) is 5. The van der Waals surface area contributed by atoms with Gasteiger partial charge in [-0.05, 0) is 43.6 Å². The zero-order chi connectivity index (χ0) is 23.4. The van der Waals surface area contributed by atoms with Gasteiger partial charge in [-0.3, -0.25) is 19.6 Å². The van der Waals surface area contributed by atoms with Crippen LogP contribution in [0.5, 0.6) is 0 Å². The van der Waals surface area contributed by atoms with Gasteiger partial charge in [0, 0.05) is 17.9 Å². The van der Waals surface area contributed by atoms with E-state index < -0.39 is 16.7 Å². The van der Waals surface area contributed by atoms with E-state index in [1.165, 1.54) is 40.6 Å². The topological polar surface area (TPSA) is 77.1 Å². The number of hydrogen-bond acceptors (Lipinski definition) is 6. The number of para-hydroxylation sites is 1. The van der Waals surface area contributed by atoms with E-state index in [1.807, 2.05) is 0 Å². The van der Waals surface area contributed by atoms with Crippen molar-refractivity contribution in [2.75, 3.05) is 13.1 Å². The number of rotatable bonds is 7. The van der Waals surface area contributed by atoms with Gasteiger partial charge in [0.05, 0.1) is 22.7 Å². The number of nitro groups is 1. The molecule has 1 aliphatic rings. The number of piperidine rings is 1. The van der Waals surface area contributed by atoms with Crippen LogP contribution in [-0.2, 0) is 18.5 Å². The predicted octanol–water partition coefficient (Wildman–Crippen LogP) is 5.47. The molecule has 2 aromatic carbocycles. The van der Waals surface area contributed by atoms with E-state index in [4.69, 9.17) is 0 Å². The normalized spacial score (nSPS) is 15.0. The van der Waals surface area contributed by atoms with E-state index in [1.54, 1.807) is 18.2 Å². The Labute approximate surface area is 192 Å². The molecule has 2 heterocycles. The molecule has 0 spiro atoms. The standard InChI is InChI=1S/C22H22F3N5O2S/c23-22(24,25)18-6-2-3-7-19(18)29-20(14-28-12-4-1-5-13-28)26-27-21(29)33-15-16-8-10-17(11-9-16)30(31)32/h2-3,6-11H,1,4-5,12-15H2. The molecule has 33 heavy (non-hydrogen) atoms. The van der Waals surface area contributed by atoms with Crippen LogP contribution in [0.2, 0.25) is 0 Å². The second-order valence-corrected chi connectivity index (χ2v) is 8.74. The van der Waals surface area contributed by atoms with Crippen LogP contribution in [0.1, 0.15) is 36.2 Å². The Bertz CT molecular complexity index is 1110. The average Bonchev–Trinajstić information content (AvgIpc) is 3.20. The number of hydrogen-bond donors (Lipinski definition) is 0. The summed E-state index contributed by atoms with van der Waals surface area (Å²) >= 11 is 1.25. The number of likely N-dealkylation sites (tertiary alicyclic amines) is 1. The fourth-order valence-electron chi connectivity index (χ4n) is 3.83. The number of benzene rings is 2. The van der Waals surface area contributed by atoms with Gasteiger partial charge in [0.15, 0.2) is 11.0 Å². The Morgan fingerprint density at radius 3 is 2.36 bits per heavy atom. The molecule has 174 valence electrons. The van der Waals surface area contributed by atoms with Crippen LogP contribution in [0.15, 0.2) is 53.7 Å².